The summed E-state index contributed by atoms with van der Waals surface area (Å²) in [6.07, 6.45) is 4.55. The fraction of sp³-hybridized carbons (Fsp3) is 0.467. The molecule has 0 saturated heterocycles. The van der Waals surface area contributed by atoms with Gasteiger partial charge in [-0.05, 0) is 43.4 Å². The second-order valence-electron chi connectivity index (χ2n) is 4.87. The molecule has 1 aliphatic rings. The summed E-state index contributed by atoms with van der Waals surface area (Å²) in [6.45, 7) is 6.32. The van der Waals surface area contributed by atoms with Crippen LogP contribution in [-0.2, 0) is 11.2 Å². The maximum Gasteiger partial charge on any atom is 0.405 e. The maximum atomic E-state index is 10.9. The minimum absolute atomic E-state index is 0.174. The van der Waals surface area contributed by atoms with Crippen LogP contribution in [0.1, 0.15) is 49.0 Å². The molecule has 1 amide bonds. The second-order valence-corrected chi connectivity index (χ2v) is 4.87. The summed E-state index contributed by atoms with van der Waals surface area (Å²) in [5.41, 5.74) is 2.83. The molecule has 0 spiro atoms. The summed E-state index contributed by atoms with van der Waals surface area (Å²) in [7, 11) is 0. The van der Waals surface area contributed by atoms with Crippen molar-refractivity contribution in [3.63, 3.8) is 0 Å². The number of rotatable bonds is 4. The van der Waals surface area contributed by atoms with Crippen LogP contribution in [0.3, 0.4) is 0 Å². The van der Waals surface area contributed by atoms with Gasteiger partial charge < -0.3 is 15.2 Å². The first kappa shape index (κ1) is 14.4. The molecular formula is C15H20N2O3. The van der Waals surface area contributed by atoms with Crippen molar-refractivity contribution in [3.8, 4) is 0 Å². The van der Waals surface area contributed by atoms with Gasteiger partial charge >= 0.3 is 6.09 Å². The number of nitrogens with one attached hydrogen (secondary N) is 1. The van der Waals surface area contributed by atoms with Gasteiger partial charge in [0.2, 0.25) is 0 Å². The van der Waals surface area contributed by atoms with Gasteiger partial charge in [-0.15, -0.1) is 0 Å². The average Bonchev–Trinajstić information content (AvgIpc) is 2.60. The van der Waals surface area contributed by atoms with Crippen LogP contribution in [-0.4, -0.2) is 22.8 Å². The van der Waals surface area contributed by atoms with Crippen molar-refractivity contribution in [1.29, 1.82) is 0 Å². The quantitative estimate of drug-likeness (QED) is 0.654. The van der Waals surface area contributed by atoms with Gasteiger partial charge in [0.25, 0.3) is 0 Å². The van der Waals surface area contributed by atoms with E-state index in [4.69, 9.17) is 9.84 Å². The van der Waals surface area contributed by atoms with Crippen molar-refractivity contribution < 1.29 is 14.6 Å². The number of hydrogen-bond donors (Lipinski definition) is 2. The third-order valence-corrected chi connectivity index (χ3v) is 3.49. The molecule has 0 bridgehead atoms. The van der Waals surface area contributed by atoms with Crippen molar-refractivity contribution in [3.05, 3.63) is 35.7 Å². The Morgan fingerprint density at radius 2 is 2.40 bits per heavy atom. The smallest absolute Gasteiger partial charge is 0.405 e. The van der Waals surface area contributed by atoms with Crippen molar-refractivity contribution in [2.45, 2.75) is 38.6 Å². The molecule has 108 valence electrons. The van der Waals surface area contributed by atoms with Gasteiger partial charge in [-0.25, -0.2) is 4.79 Å². The van der Waals surface area contributed by atoms with E-state index < -0.39 is 6.09 Å². The van der Waals surface area contributed by atoms with Crippen LogP contribution in [0, 0.1) is 0 Å². The predicted octanol–water partition coefficient (Wildman–Crippen LogP) is 3.12. The van der Waals surface area contributed by atoms with E-state index in [0.29, 0.717) is 12.4 Å². The van der Waals surface area contributed by atoms with E-state index in [9.17, 15) is 4.79 Å². The molecule has 1 heterocycles. The predicted molar refractivity (Wildman–Crippen MR) is 76.4 cm³/mol. The minimum atomic E-state index is -0.995. The summed E-state index contributed by atoms with van der Waals surface area (Å²) in [4.78, 5) is 15.2. The summed E-state index contributed by atoms with van der Waals surface area (Å²) in [5, 5.41) is 11.5. The van der Waals surface area contributed by atoms with Crippen LogP contribution in [0.15, 0.2) is 18.8 Å². The normalized spacial score (nSPS) is 17.8. The number of carbonyl (C=O) groups is 1. The number of fused-ring (bicyclic) bond motifs is 1. The molecule has 2 rings (SSSR count). The Hall–Kier alpha value is -2.04. The molecule has 5 heteroatoms. The Labute approximate surface area is 118 Å². The van der Waals surface area contributed by atoms with Gasteiger partial charge in [0.1, 0.15) is 11.5 Å². The number of aromatic nitrogens is 1. The topological polar surface area (TPSA) is 71.5 Å². The van der Waals surface area contributed by atoms with Gasteiger partial charge in [-0.3, -0.25) is 4.98 Å². The fourth-order valence-corrected chi connectivity index (χ4v) is 2.56. The van der Waals surface area contributed by atoms with Crippen LogP contribution in [0.4, 0.5) is 4.79 Å². The summed E-state index contributed by atoms with van der Waals surface area (Å²) < 4.78 is 5.37. The number of nitrogens with zero attached hydrogens (tertiary/aromatic N) is 1. The monoisotopic (exact) mass is 276 g/mol. The third-order valence-electron chi connectivity index (χ3n) is 3.49. The van der Waals surface area contributed by atoms with E-state index in [1.807, 2.05) is 13.0 Å². The second kappa shape index (κ2) is 6.41. The molecular weight excluding hydrogens is 256 g/mol. The first-order chi connectivity index (χ1) is 9.61. The highest BCUT2D eigenvalue weighted by molar-refractivity contribution is 5.65. The molecule has 1 unspecified atom stereocenters. The molecule has 1 aromatic heterocycles. The van der Waals surface area contributed by atoms with Crippen molar-refractivity contribution in [2.75, 3.05) is 6.61 Å². The van der Waals surface area contributed by atoms with Gasteiger partial charge in [0, 0.05) is 6.20 Å². The number of carboxylic acid groups (broad SMARTS) is 1. The Balaban J connectivity index is 2.29. The zero-order valence-corrected chi connectivity index (χ0v) is 11.7. The first-order valence-corrected chi connectivity index (χ1v) is 6.92. The van der Waals surface area contributed by atoms with E-state index in [-0.39, 0.29) is 6.04 Å². The van der Waals surface area contributed by atoms with E-state index in [1.54, 1.807) is 6.20 Å². The van der Waals surface area contributed by atoms with E-state index >= 15 is 0 Å². The Kier molecular flexibility index (Phi) is 4.61. The molecule has 20 heavy (non-hydrogen) atoms. The van der Waals surface area contributed by atoms with Crippen LogP contribution >= 0.6 is 0 Å². The van der Waals surface area contributed by atoms with E-state index in [2.05, 4.69) is 16.9 Å². The van der Waals surface area contributed by atoms with E-state index in [1.165, 1.54) is 0 Å². The van der Waals surface area contributed by atoms with Crippen LogP contribution in [0.25, 0.3) is 5.76 Å². The number of aryl methyl sites for hydroxylation is 1. The Morgan fingerprint density at radius 3 is 3.10 bits per heavy atom. The molecule has 1 atom stereocenters. The molecule has 1 aliphatic carbocycles. The third kappa shape index (κ3) is 3.29. The largest absolute Gasteiger partial charge is 0.492 e. The zero-order chi connectivity index (χ0) is 14.5. The lowest BCUT2D eigenvalue weighted by Crippen LogP contribution is -2.27. The Bertz CT molecular complexity index is 514. The highest BCUT2D eigenvalue weighted by Crippen LogP contribution is 2.29. The molecule has 2 N–H and O–H groups in total. The van der Waals surface area contributed by atoms with Gasteiger partial charge in [-0.1, -0.05) is 13.0 Å². The highest BCUT2D eigenvalue weighted by Gasteiger charge is 2.21. The summed E-state index contributed by atoms with van der Waals surface area (Å²) in [6, 6.07) is 1.79. The maximum absolute atomic E-state index is 10.9. The lowest BCUT2D eigenvalue weighted by Gasteiger charge is -2.18. The van der Waals surface area contributed by atoms with Crippen LogP contribution in [0.2, 0.25) is 0 Å². The highest BCUT2D eigenvalue weighted by atomic mass is 16.5. The molecule has 1 aromatic rings. The molecule has 0 radical (unpaired) electrons. The average molecular weight is 276 g/mol. The van der Waals surface area contributed by atoms with Gasteiger partial charge in [-0.2, -0.15) is 0 Å². The van der Waals surface area contributed by atoms with E-state index in [0.717, 1.165) is 42.5 Å². The lowest BCUT2D eigenvalue weighted by molar-refractivity contribution is 0.189. The molecule has 5 nitrogen and oxygen atoms in total. The molecule has 0 saturated carbocycles. The van der Waals surface area contributed by atoms with Crippen molar-refractivity contribution in [1.82, 2.24) is 10.3 Å². The SMILES string of the molecule is C=C(OCC)c1cc2c(cn1)C(NC(=O)O)CCCC2. The number of amides is 1. The zero-order valence-electron chi connectivity index (χ0n) is 11.7. The fourth-order valence-electron chi connectivity index (χ4n) is 2.56. The van der Waals surface area contributed by atoms with Crippen molar-refractivity contribution >= 4 is 11.9 Å². The molecule has 0 aliphatic heterocycles. The standard InChI is InChI=1S/C15H20N2O3/c1-3-20-10(2)14-8-11-6-4-5-7-13(17-15(18)19)12(11)9-16-14/h8-9,13,17H,2-7H2,1H3,(H,18,19). The summed E-state index contributed by atoms with van der Waals surface area (Å²) >= 11 is 0. The Morgan fingerprint density at radius 1 is 1.60 bits per heavy atom. The summed E-state index contributed by atoms with van der Waals surface area (Å²) in [5.74, 6) is 0.558. The van der Waals surface area contributed by atoms with Crippen LogP contribution in [0.5, 0.6) is 0 Å². The van der Waals surface area contributed by atoms with Crippen LogP contribution < -0.4 is 5.32 Å². The number of ether oxygens (including phenoxy) is 1. The minimum Gasteiger partial charge on any atom is -0.492 e. The number of hydrogen-bond acceptors (Lipinski definition) is 3. The van der Waals surface area contributed by atoms with Gasteiger partial charge in [0.15, 0.2) is 0 Å². The van der Waals surface area contributed by atoms with Crippen molar-refractivity contribution in [2.24, 2.45) is 0 Å². The number of pyridine rings is 1. The van der Waals surface area contributed by atoms with Gasteiger partial charge in [0.05, 0.1) is 12.6 Å². The molecule has 0 aromatic carbocycles. The first-order valence-electron chi connectivity index (χ1n) is 6.92. The lowest BCUT2D eigenvalue weighted by atomic mass is 10.0. The molecule has 0 fully saturated rings.